The van der Waals surface area contributed by atoms with Crippen LogP contribution in [-0.4, -0.2) is 66.8 Å². The molecule has 3 heterocycles. The highest BCUT2D eigenvalue weighted by Crippen LogP contribution is 2.32. The Kier molecular flexibility index (Phi) is 8.17. The van der Waals surface area contributed by atoms with Crippen molar-refractivity contribution >= 4 is 21.4 Å². The third-order valence-electron chi connectivity index (χ3n) is 5.76. The Labute approximate surface area is 203 Å². The fraction of sp³-hybridized carbons (Fsp3) is 0.375. The lowest BCUT2D eigenvalue weighted by molar-refractivity contribution is 0.104. The highest BCUT2D eigenvalue weighted by Gasteiger charge is 2.30. The molecule has 1 aromatic carbocycles. The van der Waals surface area contributed by atoms with Crippen LogP contribution in [0.4, 0.5) is 0 Å². The second-order valence-electron chi connectivity index (χ2n) is 8.30. The lowest BCUT2D eigenvalue weighted by Crippen LogP contribution is -2.41. The van der Waals surface area contributed by atoms with Gasteiger partial charge < -0.3 is 20.3 Å². The minimum Gasteiger partial charge on any atom is -0.508 e. The van der Waals surface area contributed by atoms with Gasteiger partial charge in [-0.05, 0) is 73.8 Å². The summed E-state index contributed by atoms with van der Waals surface area (Å²) in [5, 5.41) is 22.7. The maximum absolute atomic E-state index is 13.1. The largest absolute Gasteiger partial charge is 0.508 e. The van der Waals surface area contributed by atoms with Gasteiger partial charge in [-0.3, -0.25) is 4.98 Å². The van der Waals surface area contributed by atoms with Crippen molar-refractivity contribution in [2.75, 3.05) is 32.8 Å². The average Bonchev–Trinajstić information content (AvgIpc) is 3.36. The summed E-state index contributed by atoms with van der Waals surface area (Å²) in [6.45, 7) is 2.22. The first kappa shape index (κ1) is 24.6. The molecule has 1 fully saturated rings. The van der Waals surface area contributed by atoms with E-state index in [1.165, 1.54) is 23.5 Å². The maximum Gasteiger partial charge on any atom is 0.252 e. The molecule has 182 valence electrons. The molecule has 34 heavy (non-hydrogen) atoms. The smallest absolute Gasteiger partial charge is 0.252 e. The van der Waals surface area contributed by atoms with E-state index in [4.69, 9.17) is 4.74 Å². The first-order valence-corrected chi connectivity index (χ1v) is 13.5. The molecule has 8 nitrogen and oxygen atoms in total. The van der Waals surface area contributed by atoms with Gasteiger partial charge in [0.15, 0.2) is 0 Å². The first-order valence-electron chi connectivity index (χ1n) is 11.2. The zero-order valence-electron chi connectivity index (χ0n) is 18.7. The molecule has 0 radical (unpaired) electrons. The normalized spacial score (nSPS) is 16.4. The Morgan fingerprint density at radius 3 is 2.59 bits per heavy atom. The summed E-state index contributed by atoms with van der Waals surface area (Å²) < 4.78 is 33.6. The molecule has 1 aliphatic heterocycles. The van der Waals surface area contributed by atoms with E-state index < -0.39 is 16.1 Å². The molecular weight excluding hydrogens is 474 g/mol. The third kappa shape index (κ3) is 6.34. The van der Waals surface area contributed by atoms with Gasteiger partial charge in [-0.15, -0.1) is 11.3 Å². The van der Waals surface area contributed by atoms with Gasteiger partial charge in [0.05, 0.1) is 10.6 Å². The van der Waals surface area contributed by atoms with Crippen molar-refractivity contribution in [1.29, 1.82) is 0 Å². The quantitative estimate of drug-likeness (QED) is 0.390. The van der Waals surface area contributed by atoms with Crippen LogP contribution in [0.5, 0.6) is 11.5 Å². The number of aliphatic hydroxyl groups is 1. The van der Waals surface area contributed by atoms with Gasteiger partial charge in [0.25, 0.3) is 10.0 Å². The molecule has 0 aliphatic carbocycles. The highest BCUT2D eigenvalue weighted by atomic mass is 32.2. The topological polar surface area (TPSA) is 112 Å². The Hall–Kier alpha value is -2.50. The number of phenols is 1. The van der Waals surface area contributed by atoms with Crippen LogP contribution in [0.3, 0.4) is 0 Å². The van der Waals surface area contributed by atoms with Crippen molar-refractivity contribution in [2.24, 2.45) is 5.92 Å². The number of benzene rings is 1. The highest BCUT2D eigenvalue weighted by molar-refractivity contribution is 7.91. The molecule has 2 aromatic heterocycles. The molecule has 3 aromatic rings. The molecule has 0 spiro atoms. The molecule has 0 amide bonds. The lowest BCUT2D eigenvalue weighted by Gasteiger charge is -2.31. The van der Waals surface area contributed by atoms with E-state index in [0.717, 1.165) is 23.4 Å². The number of hydrogen-bond acceptors (Lipinski definition) is 8. The van der Waals surface area contributed by atoms with Crippen molar-refractivity contribution in [3.05, 3.63) is 60.8 Å². The fourth-order valence-corrected chi connectivity index (χ4v) is 6.74. The van der Waals surface area contributed by atoms with Gasteiger partial charge in [-0.1, -0.05) is 6.07 Å². The Bertz CT molecular complexity index is 1140. The van der Waals surface area contributed by atoms with Crippen LogP contribution in [0, 0.1) is 5.92 Å². The summed E-state index contributed by atoms with van der Waals surface area (Å²) in [5.74, 6) is 1.10. The summed E-state index contributed by atoms with van der Waals surface area (Å²) in [4.78, 5) is 5.14. The van der Waals surface area contributed by atoms with Crippen molar-refractivity contribution in [3.63, 3.8) is 0 Å². The van der Waals surface area contributed by atoms with Gasteiger partial charge in [0.1, 0.15) is 28.4 Å². The number of nitrogens with zero attached hydrogens (tertiary/aromatic N) is 2. The summed E-state index contributed by atoms with van der Waals surface area (Å²) in [7, 11) is -3.51. The third-order valence-corrected chi connectivity index (χ3v) is 9.23. The average molecular weight is 504 g/mol. The van der Waals surface area contributed by atoms with E-state index in [-0.39, 0.29) is 12.4 Å². The van der Waals surface area contributed by atoms with Gasteiger partial charge >= 0.3 is 0 Å². The van der Waals surface area contributed by atoms with E-state index in [0.29, 0.717) is 42.1 Å². The number of rotatable bonds is 10. The summed E-state index contributed by atoms with van der Waals surface area (Å²) in [6, 6.07) is 15.4. The molecule has 0 saturated carbocycles. The molecular formula is C24H29N3O5S2. The molecule has 1 saturated heterocycles. The standard InChI is InChI=1S/C24H29N3O5S2/c28-19-4-6-21(7-5-19)32-17-20(29)16-25-15-18-10-13-27(14-11-18)34(30,31)24-9-8-23(33-24)22-3-1-2-12-26-22/h1-9,12,18,20,25,28-29H,10-11,13-17H2/t20-/m1/s1. The predicted molar refractivity (Wildman–Crippen MR) is 132 cm³/mol. The monoisotopic (exact) mass is 503 g/mol. The second kappa shape index (κ2) is 11.3. The number of piperidine rings is 1. The molecule has 1 aliphatic rings. The van der Waals surface area contributed by atoms with Gasteiger partial charge in [0, 0.05) is 25.8 Å². The Morgan fingerprint density at radius 1 is 1.12 bits per heavy atom. The van der Waals surface area contributed by atoms with Crippen molar-refractivity contribution in [3.8, 4) is 22.1 Å². The molecule has 0 unspecified atom stereocenters. The number of pyridine rings is 1. The van der Waals surface area contributed by atoms with Gasteiger partial charge in [0.2, 0.25) is 0 Å². The summed E-state index contributed by atoms with van der Waals surface area (Å²) in [6.07, 6.45) is 2.57. The Morgan fingerprint density at radius 2 is 1.88 bits per heavy atom. The van der Waals surface area contributed by atoms with Gasteiger partial charge in [-0.25, -0.2) is 8.42 Å². The fourth-order valence-electron chi connectivity index (χ4n) is 3.83. The lowest BCUT2D eigenvalue weighted by atomic mass is 9.98. The number of ether oxygens (including phenoxy) is 1. The minimum atomic E-state index is -3.51. The maximum atomic E-state index is 13.1. The zero-order chi connectivity index (χ0) is 24.0. The number of hydrogen-bond donors (Lipinski definition) is 3. The number of aliphatic hydroxyl groups excluding tert-OH is 1. The van der Waals surface area contributed by atoms with Crippen LogP contribution in [0.25, 0.3) is 10.6 Å². The van der Waals surface area contributed by atoms with E-state index in [1.807, 2.05) is 24.3 Å². The number of sulfonamides is 1. The molecule has 10 heteroatoms. The molecule has 4 rings (SSSR count). The summed E-state index contributed by atoms with van der Waals surface area (Å²) in [5.41, 5.74) is 0.773. The summed E-state index contributed by atoms with van der Waals surface area (Å²) >= 11 is 1.25. The van der Waals surface area contributed by atoms with Crippen molar-refractivity contribution in [2.45, 2.75) is 23.2 Å². The molecule has 1 atom stereocenters. The zero-order valence-corrected chi connectivity index (χ0v) is 20.3. The number of aromatic nitrogens is 1. The van der Waals surface area contributed by atoms with Crippen LogP contribution in [0.1, 0.15) is 12.8 Å². The number of thiophene rings is 1. The van der Waals surface area contributed by atoms with Crippen molar-refractivity contribution in [1.82, 2.24) is 14.6 Å². The van der Waals surface area contributed by atoms with Crippen LogP contribution in [-0.2, 0) is 10.0 Å². The second-order valence-corrected chi connectivity index (χ2v) is 11.5. The van der Waals surface area contributed by atoms with Crippen LogP contribution >= 0.6 is 11.3 Å². The van der Waals surface area contributed by atoms with E-state index in [1.54, 1.807) is 28.7 Å². The minimum absolute atomic E-state index is 0.149. The van der Waals surface area contributed by atoms with Crippen LogP contribution in [0.15, 0.2) is 65.0 Å². The van der Waals surface area contributed by atoms with E-state index in [9.17, 15) is 18.6 Å². The van der Waals surface area contributed by atoms with Gasteiger partial charge in [-0.2, -0.15) is 4.31 Å². The van der Waals surface area contributed by atoms with E-state index >= 15 is 0 Å². The number of nitrogens with one attached hydrogen (secondary N) is 1. The number of aromatic hydroxyl groups is 1. The van der Waals surface area contributed by atoms with E-state index in [2.05, 4.69) is 10.3 Å². The number of phenolic OH excluding ortho intramolecular Hbond substituents is 1. The molecule has 0 bridgehead atoms. The van der Waals surface area contributed by atoms with Crippen molar-refractivity contribution < 1.29 is 23.4 Å². The predicted octanol–water partition coefficient (Wildman–Crippen LogP) is 2.95. The first-order chi connectivity index (χ1) is 16.4. The molecule has 3 N–H and O–H groups in total. The van der Waals surface area contributed by atoms with Crippen LogP contribution in [0.2, 0.25) is 0 Å². The SMILES string of the molecule is O=S(=O)(c1ccc(-c2ccccn2)s1)N1CCC(CNC[C@@H](O)COc2ccc(O)cc2)CC1. The van der Waals surface area contributed by atoms with Crippen LogP contribution < -0.4 is 10.1 Å². The Balaban J connectivity index is 1.19.